The Morgan fingerprint density at radius 1 is 1.12 bits per heavy atom. The summed E-state index contributed by atoms with van der Waals surface area (Å²) in [6, 6.07) is 0.455. The largest absolute Gasteiger partial charge is 0.381 e. The molecule has 2 heterocycles. The maximum absolute atomic E-state index is 5.64. The molecule has 2 saturated heterocycles. The van der Waals surface area contributed by atoms with E-state index >= 15 is 0 Å². The third-order valence-corrected chi connectivity index (χ3v) is 5.57. The van der Waals surface area contributed by atoms with Crippen molar-refractivity contribution in [3.63, 3.8) is 0 Å². The molecule has 148 valence electrons. The van der Waals surface area contributed by atoms with Gasteiger partial charge < -0.3 is 15.4 Å². The van der Waals surface area contributed by atoms with Crippen molar-refractivity contribution in [2.45, 2.75) is 70.9 Å². The van der Waals surface area contributed by atoms with E-state index in [9.17, 15) is 0 Å². The summed E-state index contributed by atoms with van der Waals surface area (Å²) in [6.07, 6.45) is 7.35. The van der Waals surface area contributed by atoms with Crippen molar-refractivity contribution in [2.24, 2.45) is 10.9 Å². The van der Waals surface area contributed by atoms with E-state index in [-0.39, 0.29) is 29.5 Å². The van der Waals surface area contributed by atoms with Gasteiger partial charge in [0.2, 0.25) is 0 Å². The van der Waals surface area contributed by atoms with Gasteiger partial charge in [-0.05, 0) is 64.5 Å². The number of hydrogen-bond donors (Lipinski definition) is 2. The highest BCUT2D eigenvalue weighted by atomic mass is 127. The molecule has 6 heteroatoms. The van der Waals surface area contributed by atoms with E-state index in [4.69, 9.17) is 4.74 Å². The summed E-state index contributed by atoms with van der Waals surface area (Å²) in [5.74, 6) is 1.70. The fourth-order valence-corrected chi connectivity index (χ4v) is 3.88. The van der Waals surface area contributed by atoms with Gasteiger partial charge in [0.15, 0.2) is 5.96 Å². The number of aliphatic imine (C=N–C) groups is 1. The molecular formula is C19H39IN4O. The van der Waals surface area contributed by atoms with Crippen molar-refractivity contribution < 1.29 is 4.74 Å². The molecule has 0 aromatic heterocycles. The summed E-state index contributed by atoms with van der Waals surface area (Å²) in [4.78, 5) is 7.13. The highest BCUT2D eigenvalue weighted by Gasteiger charge is 2.39. The third kappa shape index (κ3) is 7.21. The van der Waals surface area contributed by atoms with E-state index in [0.29, 0.717) is 6.04 Å². The fourth-order valence-electron chi connectivity index (χ4n) is 3.88. The summed E-state index contributed by atoms with van der Waals surface area (Å²) < 4.78 is 5.64. The molecule has 0 aliphatic carbocycles. The molecule has 25 heavy (non-hydrogen) atoms. The van der Waals surface area contributed by atoms with Crippen molar-refractivity contribution in [3.05, 3.63) is 0 Å². The number of nitrogens with one attached hydrogen (secondary N) is 2. The molecule has 0 aromatic rings. The average Bonchev–Trinajstić information content (AvgIpc) is 3.13. The van der Waals surface area contributed by atoms with Crippen LogP contribution in [-0.4, -0.2) is 62.3 Å². The number of nitrogens with zero attached hydrogens (tertiary/aromatic N) is 2. The Hall–Kier alpha value is -0.0800. The minimum absolute atomic E-state index is 0. The van der Waals surface area contributed by atoms with E-state index in [1.54, 1.807) is 0 Å². The maximum atomic E-state index is 5.64. The predicted molar refractivity (Wildman–Crippen MR) is 117 cm³/mol. The van der Waals surface area contributed by atoms with Gasteiger partial charge in [0.1, 0.15) is 0 Å². The van der Waals surface area contributed by atoms with Crippen LogP contribution in [0.5, 0.6) is 0 Å². The molecule has 0 amide bonds. The van der Waals surface area contributed by atoms with Gasteiger partial charge in [-0.1, -0.05) is 13.8 Å². The number of guanidine groups is 1. The summed E-state index contributed by atoms with van der Waals surface area (Å²) in [5.41, 5.74) is 0.244. The van der Waals surface area contributed by atoms with Gasteiger partial charge in [-0.3, -0.25) is 9.89 Å². The zero-order valence-electron chi connectivity index (χ0n) is 16.6. The minimum atomic E-state index is 0. The highest BCUT2D eigenvalue weighted by Crippen LogP contribution is 2.30. The van der Waals surface area contributed by atoms with Gasteiger partial charge >= 0.3 is 0 Å². The van der Waals surface area contributed by atoms with Crippen LogP contribution in [0.15, 0.2) is 4.99 Å². The van der Waals surface area contributed by atoms with Gasteiger partial charge in [0.05, 0.1) is 0 Å². The Labute approximate surface area is 171 Å². The van der Waals surface area contributed by atoms with E-state index in [2.05, 4.69) is 41.3 Å². The van der Waals surface area contributed by atoms with Crippen LogP contribution in [0.1, 0.15) is 59.3 Å². The Morgan fingerprint density at radius 3 is 2.32 bits per heavy atom. The SMILES string of the molecule is CN=C(NCC1(N2CCCC2)CCOCC1)NC(C)CCC(C)C.I. The molecule has 2 aliphatic rings. The molecule has 0 saturated carbocycles. The summed E-state index contributed by atoms with van der Waals surface area (Å²) in [7, 11) is 1.87. The molecule has 2 N–H and O–H groups in total. The molecule has 2 fully saturated rings. The van der Waals surface area contributed by atoms with Crippen molar-refractivity contribution in [3.8, 4) is 0 Å². The topological polar surface area (TPSA) is 48.9 Å². The van der Waals surface area contributed by atoms with Crippen molar-refractivity contribution in [1.82, 2.24) is 15.5 Å². The van der Waals surface area contributed by atoms with Crippen LogP contribution in [0.3, 0.4) is 0 Å². The maximum Gasteiger partial charge on any atom is 0.191 e. The lowest BCUT2D eigenvalue weighted by molar-refractivity contribution is -0.0164. The van der Waals surface area contributed by atoms with Crippen LogP contribution in [0.25, 0.3) is 0 Å². The molecule has 2 aliphatic heterocycles. The molecular weight excluding hydrogens is 427 g/mol. The first-order valence-corrected chi connectivity index (χ1v) is 9.86. The Morgan fingerprint density at radius 2 is 1.76 bits per heavy atom. The van der Waals surface area contributed by atoms with Gasteiger partial charge in [-0.2, -0.15) is 0 Å². The lowest BCUT2D eigenvalue weighted by Crippen LogP contribution is -2.59. The lowest BCUT2D eigenvalue weighted by Gasteiger charge is -2.45. The molecule has 0 radical (unpaired) electrons. The van der Waals surface area contributed by atoms with Crippen LogP contribution >= 0.6 is 24.0 Å². The molecule has 0 spiro atoms. The summed E-state index contributed by atoms with van der Waals surface area (Å²) in [5, 5.41) is 7.18. The second-order valence-corrected chi connectivity index (χ2v) is 7.97. The fraction of sp³-hybridized carbons (Fsp3) is 0.947. The van der Waals surface area contributed by atoms with Crippen LogP contribution in [0.4, 0.5) is 0 Å². The smallest absolute Gasteiger partial charge is 0.191 e. The molecule has 5 nitrogen and oxygen atoms in total. The Balaban J connectivity index is 0.00000312. The molecule has 0 aromatic carbocycles. The number of likely N-dealkylation sites (tertiary alicyclic amines) is 1. The number of ether oxygens (including phenoxy) is 1. The van der Waals surface area contributed by atoms with E-state index < -0.39 is 0 Å². The predicted octanol–water partition coefficient (Wildman–Crippen LogP) is 3.24. The molecule has 0 bridgehead atoms. The number of hydrogen-bond acceptors (Lipinski definition) is 3. The summed E-state index contributed by atoms with van der Waals surface area (Å²) in [6.45, 7) is 12.0. The average molecular weight is 466 g/mol. The van der Waals surface area contributed by atoms with Crippen LogP contribution < -0.4 is 10.6 Å². The van der Waals surface area contributed by atoms with E-state index in [1.165, 1.54) is 38.8 Å². The molecule has 1 unspecified atom stereocenters. The second-order valence-electron chi connectivity index (χ2n) is 7.97. The van der Waals surface area contributed by atoms with Crippen molar-refractivity contribution in [1.29, 1.82) is 0 Å². The van der Waals surface area contributed by atoms with E-state index in [0.717, 1.165) is 44.5 Å². The zero-order chi connectivity index (χ0) is 17.4. The Bertz CT molecular complexity index is 391. The Kier molecular flexibility index (Phi) is 10.6. The lowest BCUT2D eigenvalue weighted by atomic mass is 9.88. The first kappa shape index (κ1) is 23.0. The zero-order valence-corrected chi connectivity index (χ0v) is 19.0. The summed E-state index contributed by atoms with van der Waals surface area (Å²) >= 11 is 0. The highest BCUT2D eigenvalue weighted by molar-refractivity contribution is 14.0. The minimum Gasteiger partial charge on any atom is -0.381 e. The monoisotopic (exact) mass is 466 g/mol. The normalized spacial score (nSPS) is 22.5. The van der Waals surface area contributed by atoms with Crippen molar-refractivity contribution >= 4 is 29.9 Å². The van der Waals surface area contributed by atoms with Crippen LogP contribution in [0, 0.1) is 5.92 Å². The quantitative estimate of drug-likeness (QED) is 0.344. The molecule has 1 atom stereocenters. The number of halogens is 1. The van der Waals surface area contributed by atoms with Crippen molar-refractivity contribution in [2.75, 3.05) is 39.9 Å². The van der Waals surface area contributed by atoms with Gasteiger partial charge in [-0.25, -0.2) is 0 Å². The molecule has 2 rings (SSSR count). The second kappa shape index (κ2) is 11.6. The standard InChI is InChI=1S/C19H38N4O.HI/c1-16(2)7-8-17(3)22-18(20-4)21-15-19(9-13-24-14-10-19)23-11-5-6-12-23;/h16-17H,5-15H2,1-4H3,(H2,20,21,22);1H. The first-order chi connectivity index (χ1) is 11.6. The van der Waals surface area contributed by atoms with E-state index in [1.807, 2.05) is 7.05 Å². The third-order valence-electron chi connectivity index (χ3n) is 5.57. The van der Waals surface area contributed by atoms with Gasteiger partial charge in [-0.15, -0.1) is 24.0 Å². The van der Waals surface area contributed by atoms with Crippen LogP contribution in [0.2, 0.25) is 0 Å². The first-order valence-electron chi connectivity index (χ1n) is 9.86. The van der Waals surface area contributed by atoms with Gasteiger partial charge in [0.25, 0.3) is 0 Å². The van der Waals surface area contributed by atoms with Gasteiger partial charge in [0, 0.05) is 38.4 Å². The number of rotatable bonds is 7. The van der Waals surface area contributed by atoms with Crippen LogP contribution in [-0.2, 0) is 4.74 Å².